The first-order valence-corrected chi connectivity index (χ1v) is 36.6. The molecule has 0 aromatic carbocycles. The lowest BCUT2D eigenvalue weighted by Gasteiger charge is -2.20. The average molecular weight is 1150 g/mol. The second-order valence-corrected chi connectivity index (χ2v) is 24.9. The normalized spacial score (nSPS) is 12.9. The van der Waals surface area contributed by atoms with E-state index in [4.69, 9.17) is 4.74 Å². The summed E-state index contributed by atoms with van der Waals surface area (Å²) >= 11 is 0. The van der Waals surface area contributed by atoms with Crippen molar-refractivity contribution in [1.29, 1.82) is 0 Å². The van der Waals surface area contributed by atoms with Crippen LogP contribution in [0.1, 0.15) is 386 Å². The lowest BCUT2D eigenvalue weighted by atomic mass is 10.0. The zero-order chi connectivity index (χ0) is 59.2. The Balaban J connectivity index is 3.37. The van der Waals surface area contributed by atoms with Crippen LogP contribution >= 0.6 is 0 Å². The number of rotatable bonds is 68. The number of hydrogen-bond acceptors (Lipinski definition) is 5. The van der Waals surface area contributed by atoms with Crippen molar-refractivity contribution in [3.8, 4) is 0 Å². The molecular weight excluding hydrogens is 1010 g/mol. The molecule has 0 aromatic heterocycles. The molecule has 82 heavy (non-hydrogen) atoms. The van der Waals surface area contributed by atoms with Gasteiger partial charge in [0.1, 0.15) is 0 Å². The topological polar surface area (TPSA) is 95.9 Å². The summed E-state index contributed by atoms with van der Waals surface area (Å²) in [4.78, 5) is 24.6. The molecule has 1 amide bonds. The molecule has 2 atom stereocenters. The second kappa shape index (κ2) is 71.0. The Kier molecular flexibility index (Phi) is 68.9. The van der Waals surface area contributed by atoms with Crippen LogP contribution in [0.15, 0.2) is 60.8 Å². The van der Waals surface area contributed by atoms with Gasteiger partial charge in [-0.15, -0.1) is 0 Å². The lowest BCUT2D eigenvalue weighted by molar-refractivity contribution is -0.143. The van der Waals surface area contributed by atoms with Gasteiger partial charge in [-0.25, -0.2) is 0 Å². The van der Waals surface area contributed by atoms with Crippen molar-refractivity contribution >= 4 is 11.9 Å². The predicted octanol–water partition coefficient (Wildman–Crippen LogP) is 23.8. The molecule has 0 heterocycles. The van der Waals surface area contributed by atoms with E-state index in [2.05, 4.69) is 67.8 Å². The molecule has 0 bridgehead atoms. The maximum Gasteiger partial charge on any atom is 0.305 e. The van der Waals surface area contributed by atoms with Crippen LogP contribution < -0.4 is 5.32 Å². The molecule has 3 N–H and O–H groups in total. The fraction of sp³-hybridized carbons (Fsp3) is 0.842. The van der Waals surface area contributed by atoms with E-state index in [0.29, 0.717) is 19.4 Å². The third kappa shape index (κ3) is 66.7. The summed E-state index contributed by atoms with van der Waals surface area (Å²) in [6, 6.07) is -0.626. The smallest absolute Gasteiger partial charge is 0.305 e. The summed E-state index contributed by atoms with van der Waals surface area (Å²) in [7, 11) is 0. The number of unbranched alkanes of at least 4 members (excludes halogenated alkanes) is 49. The molecule has 0 spiro atoms. The first kappa shape index (κ1) is 79.6. The number of allylic oxidation sites excluding steroid dienone is 9. The number of amides is 1. The number of aliphatic hydroxyl groups excluding tert-OH is 2. The van der Waals surface area contributed by atoms with Crippen LogP contribution in [-0.4, -0.2) is 47.4 Å². The Labute approximate surface area is 511 Å². The van der Waals surface area contributed by atoms with Gasteiger partial charge in [0.05, 0.1) is 25.4 Å². The molecule has 6 nitrogen and oxygen atoms in total. The van der Waals surface area contributed by atoms with Crippen LogP contribution in [0.25, 0.3) is 0 Å². The van der Waals surface area contributed by atoms with Gasteiger partial charge in [-0.1, -0.05) is 338 Å². The number of hydrogen-bond donors (Lipinski definition) is 3. The largest absolute Gasteiger partial charge is 0.466 e. The molecule has 0 aliphatic rings. The molecule has 0 saturated heterocycles. The molecule has 0 rings (SSSR count). The predicted molar refractivity (Wildman–Crippen MR) is 361 cm³/mol. The maximum absolute atomic E-state index is 12.5. The molecule has 0 saturated carbocycles. The van der Waals surface area contributed by atoms with Crippen molar-refractivity contribution in [2.75, 3.05) is 13.2 Å². The minimum atomic E-state index is -0.842. The number of ether oxygens (including phenoxy) is 1. The lowest BCUT2D eigenvalue weighted by Crippen LogP contribution is -2.45. The van der Waals surface area contributed by atoms with Crippen molar-refractivity contribution in [3.05, 3.63) is 60.8 Å². The van der Waals surface area contributed by atoms with Gasteiger partial charge in [-0.05, 0) is 96.3 Å². The zero-order valence-electron chi connectivity index (χ0n) is 55.0. The van der Waals surface area contributed by atoms with E-state index in [0.717, 1.165) is 57.8 Å². The number of carbonyl (C=O) groups is 2. The van der Waals surface area contributed by atoms with Gasteiger partial charge < -0.3 is 20.3 Å². The molecule has 0 fully saturated rings. The van der Waals surface area contributed by atoms with Gasteiger partial charge in [0.2, 0.25) is 5.91 Å². The highest BCUT2D eigenvalue weighted by Gasteiger charge is 2.18. The summed E-state index contributed by atoms with van der Waals surface area (Å²) in [6.45, 7) is 4.89. The van der Waals surface area contributed by atoms with Crippen LogP contribution in [0, 0.1) is 0 Å². The standard InChI is InChI=1S/C76H141NO5/c1-3-5-7-9-11-13-15-17-18-19-40-43-46-50-54-58-62-66-70-76(81)82-71-67-63-59-55-51-47-44-41-38-36-34-32-30-28-26-24-22-20-21-23-25-27-29-31-33-35-37-39-42-45-49-53-57-61-65-69-75(80)77-73(72-78)74(79)68-64-60-56-52-48-16-14-12-10-8-6-4-2/h13,15,18-19,22,24,28,30,64,68,73-74,78-79H,3-12,14,16-17,20-21,23,25-27,29,31-63,65-67,69-72H2,1-2H3,(H,77,80)/b15-13-,19-18-,24-22-,30-28-,68-64+. The van der Waals surface area contributed by atoms with Crippen molar-refractivity contribution in [2.45, 2.75) is 398 Å². The number of nitrogens with one attached hydrogen (secondary N) is 1. The van der Waals surface area contributed by atoms with E-state index in [1.807, 2.05) is 6.08 Å². The Morgan fingerprint density at radius 2 is 0.610 bits per heavy atom. The van der Waals surface area contributed by atoms with Crippen LogP contribution in [0.2, 0.25) is 0 Å². The third-order valence-electron chi connectivity index (χ3n) is 16.8. The minimum Gasteiger partial charge on any atom is -0.466 e. The first-order chi connectivity index (χ1) is 40.5. The minimum absolute atomic E-state index is 0.00910. The summed E-state index contributed by atoms with van der Waals surface area (Å²) in [5, 5.41) is 23.1. The molecule has 0 aromatic rings. The average Bonchev–Trinajstić information content (AvgIpc) is 3.48. The number of carbonyl (C=O) groups excluding carboxylic acids is 2. The van der Waals surface area contributed by atoms with Gasteiger partial charge in [0.25, 0.3) is 0 Å². The zero-order valence-corrected chi connectivity index (χ0v) is 55.0. The van der Waals surface area contributed by atoms with Gasteiger partial charge >= 0.3 is 5.97 Å². The van der Waals surface area contributed by atoms with E-state index in [1.165, 1.54) is 302 Å². The Hall–Kier alpha value is -2.44. The summed E-state index contributed by atoms with van der Waals surface area (Å²) < 4.78 is 5.50. The highest BCUT2D eigenvalue weighted by molar-refractivity contribution is 5.76. The fourth-order valence-electron chi connectivity index (χ4n) is 11.2. The molecule has 6 heteroatoms. The van der Waals surface area contributed by atoms with Crippen LogP contribution in [-0.2, 0) is 14.3 Å². The van der Waals surface area contributed by atoms with Gasteiger partial charge in [-0.3, -0.25) is 9.59 Å². The van der Waals surface area contributed by atoms with E-state index < -0.39 is 12.1 Å². The van der Waals surface area contributed by atoms with Crippen LogP contribution in [0.5, 0.6) is 0 Å². The summed E-state index contributed by atoms with van der Waals surface area (Å²) in [5.74, 6) is -0.0564. The van der Waals surface area contributed by atoms with Gasteiger partial charge in [0, 0.05) is 12.8 Å². The van der Waals surface area contributed by atoms with Gasteiger partial charge in [-0.2, -0.15) is 0 Å². The summed E-state index contributed by atoms with van der Waals surface area (Å²) in [5.41, 5.74) is 0. The SMILES string of the molecule is CCCCCC/C=C\C/C=C\CCCCCCCCCC(=O)OCCCCCCCCCCCCC/C=C\C/C=C\CCCCCCCCCCCCCCCCCCCC(=O)NC(CO)C(O)/C=C/CCCCCCCCCCCC. The Morgan fingerprint density at radius 1 is 0.341 bits per heavy atom. The number of aliphatic hydroxyl groups is 2. The Morgan fingerprint density at radius 3 is 0.939 bits per heavy atom. The van der Waals surface area contributed by atoms with E-state index in [9.17, 15) is 19.8 Å². The molecule has 0 aliphatic heterocycles. The van der Waals surface area contributed by atoms with Gasteiger partial charge in [0.15, 0.2) is 0 Å². The van der Waals surface area contributed by atoms with Crippen molar-refractivity contribution in [2.24, 2.45) is 0 Å². The second-order valence-electron chi connectivity index (χ2n) is 24.9. The molecule has 0 radical (unpaired) electrons. The highest BCUT2D eigenvalue weighted by atomic mass is 16.5. The molecule has 480 valence electrons. The van der Waals surface area contributed by atoms with E-state index >= 15 is 0 Å². The highest BCUT2D eigenvalue weighted by Crippen LogP contribution is 2.18. The molecule has 0 aliphatic carbocycles. The van der Waals surface area contributed by atoms with Crippen LogP contribution in [0.3, 0.4) is 0 Å². The van der Waals surface area contributed by atoms with Crippen molar-refractivity contribution < 1.29 is 24.5 Å². The fourth-order valence-corrected chi connectivity index (χ4v) is 11.2. The summed E-state index contributed by atoms with van der Waals surface area (Å²) in [6.07, 6.45) is 94.6. The number of esters is 1. The van der Waals surface area contributed by atoms with Crippen LogP contribution in [0.4, 0.5) is 0 Å². The third-order valence-corrected chi connectivity index (χ3v) is 16.8. The maximum atomic E-state index is 12.5. The van der Waals surface area contributed by atoms with E-state index in [1.54, 1.807) is 6.08 Å². The van der Waals surface area contributed by atoms with Crippen molar-refractivity contribution in [1.82, 2.24) is 5.32 Å². The van der Waals surface area contributed by atoms with E-state index in [-0.39, 0.29) is 18.5 Å². The molecular formula is C76H141NO5. The molecule has 2 unspecified atom stereocenters. The van der Waals surface area contributed by atoms with Crippen molar-refractivity contribution in [3.63, 3.8) is 0 Å². The first-order valence-electron chi connectivity index (χ1n) is 36.6. The quantitative estimate of drug-likeness (QED) is 0.0320. The Bertz CT molecular complexity index is 1420. The monoisotopic (exact) mass is 1150 g/mol.